The van der Waals surface area contributed by atoms with Gasteiger partial charge in [-0.2, -0.15) is 35.3 Å². The van der Waals surface area contributed by atoms with Gasteiger partial charge in [0.15, 0.2) is 36.2 Å². The summed E-state index contributed by atoms with van der Waals surface area (Å²) in [6.45, 7) is 3.75. The minimum atomic E-state index is -2.39. The van der Waals surface area contributed by atoms with Crippen molar-refractivity contribution >= 4 is 87.0 Å². The summed E-state index contributed by atoms with van der Waals surface area (Å²) in [6.07, 6.45) is 0.300. The molecule has 87 heavy (non-hydrogen) atoms. The zero-order valence-electron chi connectivity index (χ0n) is 49.4. The van der Waals surface area contributed by atoms with E-state index < -0.39 is 108 Å². The first-order chi connectivity index (χ1) is 42.0. The third-order valence-corrected chi connectivity index (χ3v) is 18.1. The van der Waals surface area contributed by atoms with Crippen molar-refractivity contribution in [2.24, 2.45) is 0 Å². The molecule has 5 aliphatic rings. The Balaban J connectivity index is 0.684. The predicted molar refractivity (Wildman–Crippen MR) is 323 cm³/mol. The Hall–Kier alpha value is -5.62. The molecule has 0 radical (unpaired) electrons. The maximum Gasteiger partial charge on any atom is 0.252 e. The number of nitrogens with zero attached hydrogens (tertiary/aromatic N) is 3. The number of benzene rings is 3. The number of carbonyl (C=O) groups is 7. The number of aromatic nitrogens is 2. The van der Waals surface area contributed by atoms with Crippen LogP contribution < -0.4 is 15.4 Å². The second-order valence-electron chi connectivity index (χ2n) is 21.9. The van der Waals surface area contributed by atoms with Crippen LogP contribution in [0.1, 0.15) is 129 Å². The summed E-state index contributed by atoms with van der Waals surface area (Å²) in [5, 5.41) is 41.7. The van der Waals surface area contributed by atoms with E-state index in [0.29, 0.717) is 63.3 Å². The van der Waals surface area contributed by atoms with Crippen molar-refractivity contribution in [3.63, 3.8) is 0 Å². The van der Waals surface area contributed by atoms with Gasteiger partial charge < -0.3 is 63.8 Å². The molecule has 4 heterocycles. The van der Waals surface area contributed by atoms with Crippen LogP contribution in [0.5, 0.6) is 17.2 Å². The quantitative estimate of drug-likeness (QED) is 0.0217. The average Bonchev–Trinajstić information content (AvgIpc) is 1.12. The van der Waals surface area contributed by atoms with Crippen LogP contribution in [0, 0.1) is 0 Å². The number of carbonyl (C=O) groups excluding carboxylic acids is 7. The molecular weight excluding hydrogens is 1190 g/mol. The zero-order chi connectivity index (χ0) is 61.9. The van der Waals surface area contributed by atoms with E-state index in [4.69, 9.17) is 47.9 Å². The number of ketones is 5. The van der Waals surface area contributed by atoms with Gasteiger partial charge in [-0.05, 0) is 56.5 Å². The summed E-state index contributed by atoms with van der Waals surface area (Å²) in [5.41, 5.74) is 0.100. The maximum absolute atomic E-state index is 14.3. The largest absolute Gasteiger partial charge is 0.507 e. The summed E-state index contributed by atoms with van der Waals surface area (Å²) in [5.74, 6) is -2.77. The van der Waals surface area contributed by atoms with Gasteiger partial charge in [-0.3, -0.25) is 38.5 Å². The van der Waals surface area contributed by atoms with Crippen LogP contribution in [0.3, 0.4) is 0 Å². The Bertz CT molecular complexity index is 3230. The van der Waals surface area contributed by atoms with Crippen molar-refractivity contribution < 1.29 is 86.8 Å². The third kappa shape index (κ3) is 15.2. The van der Waals surface area contributed by atoms with E-state index in [2.05, 4.69) is 15.5 Å². The van der Waals surface area contributed by atoms with E-state index in [1.165, 1.54) is 44.2 Å². The van der Waals surface area contributed by atoms with Gasteiger partial charge in [0.2, 0.25) is 11.7 Å². The maximum atomic E-state index is 14.3. The first-order valence-electron chi connectivity index (χ1n) is 29.1. The van der Waals surface area contributed by atoms with Crippen molar-refractivity contribution in [2.75, 3.05) is 90.9 Å². The molecule has 0 bridgehead atoms. The predicted octanol–water partition coefficient (Wildman–Crippen LogP) is 5.18. The minimum absolute atomic E-state index is 0.00816. The SMILES string of the molecule is COc1cccc2c1C(=O)c1c(O)c3c(c(O)c1C2=O)C[C@@](O)(C(=O)NCC(=O)CCSCC(=O)NCCCC(=O)CCOCCOCCCC(=O)c1ccc2nc(CSC)c(CSC)nc2c1)C[C@@H]3O[C@H]1C[C@H]2[C@H](O[C@@H]3[C@@H](OC)OCCN32)[C@H](C)O1. The summed E-state index contributed by atoms with van der Waals surface area (Å²) in [7, 11) is 2.85. The molecule has 8 atom stereocenters. The van der Waals surface area contributed by atoms with Gasteiger partial charge in [-0.15, -0.1) is 0 Å². The number of Topliss-reactive ketones (excluding diaryl/α,β-unsaturated/α-hetero) is 3. The first-order valence-corrected chi connectivity index (χ1v) is 33.0. The molecule has 26 heteroatoms. The molecule has 3 aliphatic heterocycles. The number of aliphatic hydroxyl groups is 1. The van der Waals surface area contributed by atoms with Gasteiger partial charge >= 0.3 is 0 Å². The second kappa shape index (κ2) is 30.3. The van der Waals surface area contributed by atoms with Crippen molar-refractivity contribution in [3.8, 4) is 17.2 Å². The molecule has 2 amide bonds. The average molecular weight is 1260 g/mol. The molecule has 5 N–H and O–H groups in total. The van der Waals surface area contributed by atoms with Crippen LogP contribution >= 0.6 is 35.3 Å². The van der Waals surface area contributed by atoms with Crippen LogP contribution in [0.2, 0.25) is 0 Å². The molecule has 0 saturated carbocycles. The van der Waals surface area contributed by atoms with Gasteiger partial charge in [0, 0.05) is 117 Å². The van der Waals surface area contributed by atoms with Gasteiger partial charge in [-0.25, -0.2) is 9.97 Å². The van der Waals surface area contributed by atoms with Crippen LogP contribution in [-0.4, -0.2) is 204 Å². The second-order valence-corrected chi connectivity index (χ2v) is 24.7. The van der Waals surface area contributed by atoms with Crippen molar-refractivity contribution in [1.29, 1.82) is 0 Å². The molecule has 1 aromatic heterocycles. The number of morpholine rings is 1. The Kier molecular flexibility index (Phi) is 22.9. The Morgan fingerprint density at radius 3 is 2.32 bits per heavy atom. The molecule has 3 aromatic carbocycles. The number of nitrogens with one attached hydrogen (secondary N) is 2. The number of phenols is 2. The van der Waals surface area contributed by atoms with Gasteiger partial charge in [0.1, 0.15) is 34.7 Å². The lowest BCUT2D eigenvalue weighted by Gasteiger charge is -2.43. The highest BCUT2D eigenvalue weighted by molar-refractivity contribution is 8.00. The molecule has 0 unspecified atom stereocenters. The fourth-order valence-electron chi connectivity index (χ4n) is 11.8. The number of fused-ring (bicyclic) bond motifs is 7. The highest BCUT2D eigenvalue weighted by Crippen LogP contribution is 2.53. The number of hydrogen-bond donors (Lipinski definition) is 5. The number of hydrogen-bond acceptors (Lipinski definition) is 24. The molecule has 4 aromatic rings. The van der Waals surface area contributed by atoms with E-state index >= 15 is 0 Å². The fraction of sp³-hybridized carbons (Fsp3) is 0.557. The summed E-state index contributed by atoms with van der Waals surface area (Å²) in [6, 6.07) is 9.60. The molecule has 3 saturated heterocycles. The number of rotatable bonds is 31. The van der Waals surface area contributed by atoms with E-state index in [9.17, 15) is 48.9 Å². The normalized spacial score (nSPS) is 23.1. The van der Waals surface area contributed by atoms with Gasteiger partial charge in [-0.1, -0.05) is 12.1 Å². The standard InChI is InChI=1S/C61H75N5O18S3/c1-33-57-43(66-18-21-81-59(78-3)58(66)84-57)26-48(82-33)83-46-28-61(76,27-38-50(46)56(74)52-51(54(38)72)53(71)37-10-6-12-45(77-2)49(37)55(52)73)60(75)63-29-36(68)16-24-87-32-47(70)62-17-7-9-35(67)15-20-80-23-22-79-19-8-11-44(69)34-13-14-39-40(25-34)65-42(31-86-5)41(64-39)30-85-4/h6,10,12-14,25,33,43,46,48,57-59,72,74,76H,7-9,11,15-24,26-32H2,1-5H3,(H,62,70)(H,63,75)/t33-,43-,46-,48-,57+,58+,59-,61-/m0/s1. The number of aromatic hydroxyl groups is 2. The molecule has 3 fully saturated rings. The van der Waals surface area contributed by atoms with Gasteiger partial charge in [0.05, 0.1) is 97.2 Å². The molecule has 9 rings (SSSR count). The Morgan fingerprint density at radius 2 is 1.57 bits per heavy atom. The van der Waals surface area contributed by atoms with Crippen LogP contribution in [-0.2, 0) is 70.3 Å². The number of phenolic OH excluding ortho intramolecular Hbond substituents is 2. The highest BCUT2D eigenvalue weighted by Gasteiger charge is 2.55. The van der Waals surface area contributed by atoms with Gasteiger partial charge in [0.25, 0.3) is 5.91 Å². The monoisotopic (exact) mass is 1260 g/mol. The zero-order valence-corrected chi connectivity index (χ0v) is 51.8. The number of thioether (sulfide) groups is 3. The smallest absolute Gasteiger partial charge is 0.252 e. The minimum Gasteiger partial charge on any atom is -0.507 e. The summed E-state index contributed by atoms with van der Waals surface area (Å²) in [4.78, 5) is 105. The van der Waals surface area contributed by atoms with E-state index in [0.717, 1.165) is 28.4 Å². The first kappa shape index (κ1) is 65.8. The van der Waals surface area contributed by atoms with E-state index in [1.54, 1.807) is 29.6 Å². The molecule has 0 spiro atoms. The van der Waals surface area contributed by atoms with E-state index in [1.807, 2.05) is 31.6 Å². The number of methoxy groups -OCH3 is 2. The molecular formula is C61H75N5O18S3. The third-order valence-electron chi connectivity index (χ3n) is 16.1. The lowest BCUT2D eigenvalue weighted by Crippen LogP contribution is -2.55. The topological polar surface area (TPSA) is 307 Å². The lowest BCUT2D eigenvalue weighted by atomic mass is 9.72. The summed E-state index contributed by atoms with van der Waals surface area (Å²) >= 11 is 4.59. The number of ether oxygens (including phenoxy) is 8. The Labute approximate surface area is 516 Å². The Morgan fingerprint density at radius 1 is 0.828 bits per heavy atom. The highest BCUT2D eigenvalue weighted by atomic mass is 32.2. The van der Waals surface area contributed by atoms with E-state index in [-0.39, 0.29) is 102 Å². The molecule has 470 valence electrons. The van der Waals surface area contributed by atoms with Crippen LogP contribution in [0.25, 0.3) is 11.0 Å². The van der Waals surface area contributed by atoms with Crippen molar-refractivity contribution in [2.45, 2.75) is 125 Å². The van der Waals surface area contributed by atoms with Crippen molar-refractivity contribution in [3.05, 3.63) is 86.7 Å². The van der Waals surface area contributed by atoms with Crippen molar-refractivity contribution in [1.82, 2.24) is 25.5 Å². The molecule has 23 nitrogen and oxygen atoms in total. The van der Waals surface area contributed by atoms with Crippen LogP contribution in [0.15, 0.2) is 36.4 Å². The fourth-order valence-corrected chi connectivity index (χ4v) is 13.6. The van der Waals surface area contributed by atoms with Crippen LogP contribution in [0.4, 0.5) is 0 Å². The lowest BCUT2D eigenvalue weighted by molar-refractivity contribution is -0.256. The summed E-state index contributed by atoms with van der Waals surface area (Å²) < 4.78 is 47.2. The number of amides is 2. The molecule has 2 aliphatic carbocycles.